The quantitative estimate of drug-likeness (QED) is 0.664. The van der Waals surface area contributed by atoms with Gasteiger partial charge in [0.05, 0.1) is 12.3 Å². The van der Waals surface area contributed by atoms with Crippen molar-refractivity contribution in [3.63, 3.8) is 0 Å². The van der Waals surface area contributed by atoms with Crippen molar-refractivity contribution in [2.24, 2.45) is 0 Å². The standard InChI is InChI=1S/C21H29N3O3/c1-16(6-7-17-8-10-18(25)11-9-17)23-21(26)22-15-19(20-5-4-14-27-20)24-12-2-3-13-24/h4-5,8-11,14,16,19,25H,2-3,6-7,12-13,15H2,1H3,(H2,22,23,26). The maximum absolute atomic E-state index is 12.3. The Morgan fingerprint density at radius 2 is 1.96 bits per heavy atom. The Balaban J connectivity index is 1.44. The number of carbonyl (C=O) groups is 1. The van der Waals surface area contributed by atoms with E-state index in [0.29, 0.717) is 6.54 Å². The molecule has 146 valence electrons. The van der Waals surface area contributed by atoms with Gasteiger partial charge in [0.15, 0.2) is 0 Å². The highest BCUT2D eigenvalue weighted by atomic mass is 16.3. The molecule has 0 aliphatic carbocycles. The van der Waals surface area contributed by atoms with Gasteiger partial charge in [0.1, 0.15) is 11.5 Å². The Hall–Kier alpha value is -2.47. The highest BCUT2D eigenvalue weighted by molar-refractivity contribution is 5.74. The molecule has 3 N–H and O–H groups in total. The van der Waals surface area contributed by atoms with Gasteiger partial charge in [-0.15, -0.1) is 0 Å². The number of phenols is 1. The van der Waals surface area contributed by atoms with E-state index in [1.54, 1.807) is 18.4 Å². The zero-order valence-corrected chi connectivity index (χ0v) is 15.9. The lowest BCUT2D eigenvalue weighted by Crippen LogP contribution is -2.44. The first kappa shape index (κ1) is 19.3. The zero-order valence-electron chi connectivity index (χ0n) is 15.9. The molecule has 1 aliphatic heterocycles. The second-order valence-corrected chi connectivity index (χ2v) is 7.23. The fourth-order valence-electron chi connectivity index (χ4n) is 3.53. The summed E-state index contributed by atoms with van der Waals surface area (Å²) in [5.74, 6) is 1.17. The number of amides is 2. The van der Waals surface area contributed by atoms with E-state index >= 15 is 0 Å². The number of hydrogen-bond acceptors (Lipinski definition) is 4. The highest BCUT2D eigenvalue weighted by Gasteiger charge is 2.26. The molecular weight excluding hydrogens is 342 g/mol. The van der Waals surface area contributed by atoms with Crippen LogP contribution in [0.4, 0.5) is 4.79 Å². The molecule has 6 nitrogen and oxygen atoms in total. The number of aryl methyl sites for hydroxylation is 1. The van der Waals surface area contributed by atoms with Crippen LogP contribution in [0.3, 0.4) is 0 Å². The molecule has 2 amide bonds. The largest absolute Gasteiger partial charge is 0.508 e. The van der Waals surface area contributed by atoms with Gasteiger partial charge < -0.3 is 20.2 Å². The summed E-state index contributed by atoms with van der Waals surface area (Å²) in [5.41, 5.74) is 1.15. The second-order valence-electron chi connectivity index (χ2n) is 7.23. The van der Waals surface area contributed by atoms with E-state index < -0.39 is 0 Å². The summed E-state index contributed by atoms with van der Waals surface area (Å²) in [5, 5.41) is 15.3. The van der Waals surface area contributed by atoms with Crippen molar-refractivity contribution < 1.29 is 14.3 Å². The number of likely N-dealkylation sites (tertiary alicyclic amines) is 1. The lowest BCUT2D eigenvalue weighted by Gasteiger charge is -2.26. The van der Waals surface area contributed by atoms with Crippen molar-refractivity contribution in [1.29, 1.82) is 0 Å². The first-order valence-electron chi connectivity index (χ1n) is 9.71. The number of urea groups is 1. The third kappa shape index (κ3) is 5.76. The molecular formula is C21H29N3O3. The number of hydrogen-bond donors (Lipinski definition) is 3. The number of aromatic hydroxyl groups is 1. The van der Waals surface area contributed by atoms with Crippen LogP contribution in [0.1, 0.15) is 43.6 Å². The van der Waals surface area contributed by atoms with Crippen LogP contribution in [-0.2, 0) is 6.42 Å². The minimum absolute atomic E-state index is 0.0626. The van der Waals surface area contributed by atoms with E-state index in [4.69, 9.17) is 4.42 Å². The van der Waals surface area contributed by atoms with Crippen LogP contribution in [0, 0.1) is 0 Å². The molecule has 27 heavy (non-hydrogen) atoms. The third-order valence-electron chi connectivity index (χ3n) is 5.09. The van der Waals surface area contributed by atoms with Crippen LogP contribution in [0.15, 0.2) is 47.1 Å². The number of rotatable bonds is 8. The number of carbonyl (C=O) groups excluding carboxylic acids is 1. The third-order valence-corrected chi connectivity index (χ3v) is 5.09. The molecule has 0 radical (unpaired) electrons. The van der Waals surface area contributed by atoms with Crippen molar-refractivity contribution in [3.05, 3.63) is 54.0 Å². The van der Waals surface area contributed by atoms with E-state index in [-0.39, 0.29) is 23.9 Å². The number of nitrogens with one attached hydrogen (secondary N) is 2. The van der Waals surface area contributed by atoms with Gasteiger partial charge in [0, 0.05) is 12.6 Å². The Morgan fingerprint density at radius 3 is 2.63 bits per heavy atom. The molecule has 2 heterocycles. The summed E-state index contributed by atoms with van der Waals surface area (Å²) in [6.07, 6.45) is 5.76. The molecule has 2 aromatic rings. The van der Waals surface area contributed by atoms with Gasteiger partial charge in [0.25, 0.3) is 0 Å². The monoisotopic (exact) mass is 371 g/mol. The molecule has 1 aliphatic rings. The normalized spacial score (nSPS) is 16.8. The first-order valence-corrected chi connectivity index (χ1v) is 9.71. The van der Waals surface area contributed by atoms with Crippen LogP contribution >= 0.6 is 0 Å². The van der Waals surface area contributed by atoms with Crippen molar-refractivity contribution >= 4 is 6.03 Å². The molecule has 0 bridgehead atoms. The molecule has 2 atom stereocenters. The number of phenolic OH excluding ortho intramolecular Hbond substituents is 1. The Kier molecular flexibility index (Phi) is 6.76. The van der Waals surface area contributed by atoms with Gasteiger partial charge in [-0.05, 0) is 75.5 Å². The van der Waals surface area contributed by atoms with Gasteiger partial charge in [-0.25, -0.2) is 4.79 Å². The molecule has 1 saturated heterocycles. The van der Waals surface area contributed by atoms with Crippen LogP contribution in [0.5, 0.6) is 5.75 Å². The van der Waals surface area contributed by atoms with Crippen molar-refractivity contribution in [3.8, 4) is 5.75 Å². The van der Waals surface area contributed by atoms with E-state index in [2.05, 4.69) is 15.5 Å². The molecule has 1 aromatic carbocycles. The Labute approximate surface area is 160 Å². The number of nitrogens with zero attached hydrogens (tertiary/aromatic N) is 1. The molecule has 1 aromatic heterocycles. The SMILES string of the molecule is CC(CCc1ccc(O)cc1)NC(=O)NCC(c1ccco1)N1CCCC1. The molecule has 2 unspecified atom stereocenters. The summed E-state index contributed by atoms with van der Waals surface area (Å²) in [6, 6.07) is 11.1. The second kappa shape index (κ2) is 9.46. The van der Waals surface area contributed by atoms with Crippen LogP contribution < -0.4 is 10.6 Å². The smallest absolute Gasteiger partial charge is 0.315 e. The minimum atomic E-state index is -0.149. The molecule has 0 saturated carbocycles. The maximum Gasteiger partial charge on any atom is 0.315 e. The van der Waals surface area contributed by atoms with Crippen LogP contribution in [0.2, 0.25) is 0 Å². The van der Waals surface area contributed by atoms with Crippen LogP contribution in [0.25, 0.3) is 0 Å². The minimum Gasteiger partial charge on any atom is -0.508 e. The molecule has 0 spiro atoms. The van der Waals surface area contributed by atoms with Gasteiger partial charge in [-0.1, -0.05) is 12.1 Å². The predicted molar refractivity (Wildman–Crippen MR) is 105 cm³/mol. The van der Waals surface area contributed by atoms with E-state index in [9.17, 15) is 9.90 Å². The summed E-state index contributed by atoms with van der Waals surface area (Å²) < 4.78 is 5.59. The fraction of sp³-hybridized carbons (Fsp3) is 0.476. The van der Waals surface area contributed by atoms with Crippen molar-refractivity contribution in [2.75, 3.05) is 19.6 Å². The van der Waals surface area contributed by atoms with E-state index in [1.807, 2.05) is 31.2 Å². The van der Waals surface area contributed by atoms with Gasteiger partial charge in [0.2, 0.25) is 0 Å². The average Bonchev–Trinajstić information content (AvgIpc) is 3.36. The summed E-state index contributed by atoms with van der Waals surface area (Å²) >= 11 is 0. The molecule has 1 fully saturated rings. The van der Waals surface area contributed by atoms with Gasteiger partial charge in [-0.3, -0.25) is 4.90 Å². The van der Waals surface area contributed by atoms with E-state index in [1.165, 1.54) is 12.8 Å². The molecule has 6 heteroatoms. The summed E-state index contributed by atoms with van der Waals surface area (Å²) in [7, 11) is 0. The van der Waals surface area contributed by atoms with Crippen LogP contribution in [-0.4, -0.2) is 41.7 Å². The number of benzene rings is 1. The van der Waals surface area contributed by atoms with Gasteiger partial charge in [-0.2, -0.15) is 0 Å². The summed E-state index contributed by atoms with van der Waals surface area (Å²) in [4.78, 5) is 14.7. The Bertz CT molecular complexity index is 694. The number of furan rings is 1. The zero-order chi connectivity index (χ0) is 19.1. The average molecular weight is 371 g/mol. The topological polar surface area (TPSA) is 77.7 Å². The predicted octanol–water partition coefficient (Wildman–Crippen LogP) is 3.44. The van der Waals surface area contributed by atoms with E-state index in [0.717, 1.165) is 37.3 Å². The Morgan fingerprint density at radius 1 is 1.22 bits per heavy atom. The van der Waals surface area contributed by atoms with Gasteiger partial charge >= 0.3 is 6.03 Å². The van der Waals surface area contributed by atoms with Crippen molar-refractivity contribution in [1.82, 2.24) is 15.5 Å². The van der Waals surface area contributed by atoms with Crippen molar-refractivity contribution in [2.45, 2.75) is 44.7 Å². The first-order chi connectivity index (χ1) is 13.1. The maximum atomic E-state index is 12.3. The summed E-state index contributed by atoms with van der Waals surface area (Å²) in [6.45, 7) is 4.61. The lowest BCUT2D eigenvalue weighted by molar-refractivity contribution is 0.202. The fourth-order valence-corrected chi connectivity index (χ4v) is 3.53. The molecule has 3 rings (SSSR count). The lowest BCUT2D eigenvalue weighted by atomic mass is 10.1. The highest BCUT2D eigenvalue weighted by Crippen LogP contribution is 2.24.